The van der Waals surface area contributed by atoms with E-state index in [0.29, 0.717) is 19.0 Å². The van der Waals surface area contributed by atoms with E-state index in [9.17, 15) is 0 Å². The Bertz CT molecular complexity index is 334. The number of aromatic nitrogens is 2. The van der Waals surface area contributed by atoms with Gasteiger partial charge in [0.1, 0.15) is 0 Å². The molecule has 0 aliphatic carbocycles. The number of hydrazine groups is 1. The minimum Gasteiger partial charge on any atom is -0.383 e. The molecule has 1 rings (SSSR count). The molecular weight excluding hydrogens is 307 g/mol. The van der Waals surface area contributed by atoms with Crippen LogP contribution in [0.15, 0.2) is 10.7 Å². The Morgan fingerprint density at radius 1 is 1.71 bits per heavy atom. The van der Waals surface area contributed by atoms with E-state index in [1.54, 1.807) is 13.3 Å². The summed E-state index contributed by atoms with van der Waals surface area (Å²) >= 11 is 9.19. The lowest BCUT2D eigenvalue weighted by molar-refractivity contribution is 0.181. The van der Waals surface area contributed by atoms with Gasteiger partial charge in [-0.2, -0.15) is 5.10 Å². The summed E-state index contributed by atoms with van der Waals surface area (Å²) in [7, 11) is 1.67. The molecule has 0 fully saturated rings. The third-order valence-electron chi connectivity index (χ3n) is 2.50. The van der Waals surface area contributed by atoms with Crippen molar-refractivity contribution in [1.29, 1.82) is 0 Å². The average Bonchev–Trinajstić information content (AvgIpc) is 2.70. The van der Waals surface area contributed by atoms with E-state index in [1.165, 1.54) is 0 Å². The predicted molar refractivity (Wildman–Crippen MR) is 71.8 cm³/mol. The Labute approximate surface area is 115 Å². The lowest BCUT2D eigenvalue weighted by Gasteiger charge is -2.18. The molecule has 0 amide bonds. The molecule has 1 unspecified atom stereocenters. The highest BCUT2D eigenvalue weighted by atomic mass is 79.9. The summed E-state index contributed by atoms with van der Waals surface area (Å²) in [5.74, 6) is 6.21. The molecule has 1 heterocycles. The van der Waals surface area contributed by atoms with Gasteiger partial charge in [-0.25, -0.2) is 0 Å². The number of methoxy groups -OCH3 is 1. The Kier molecular flexibility index (Phi) is 7.06. The van der Waals surface area contributed by atoms with Gasteiger partial charge >= 0.3 is 0 Å². The molecule has 0 bridgehead atoms. The van der Waals surface area contributed by atoms with Crippen LogP contribution in [0.1, 0.15) is 24.6 Å². The van der Waals surface area contributed by atoms with Crippen molar-refractivity contribution < 1.29 is 4.74 Å². The molecule has 0 spiro atoms. The van der Waals surface area contributed by atoms with Crippen molar-refractivity contribution in [2.45, 2.75) is 25.4 Å². The van der Waals surface area contributed by atoms with Crippen LogP contribution >= 0.6 is 27.5 Å². The third kappa shape index (κ3) is 4.22. The Morgan fingerprint density at radius 2 is 2.47 bits per heavy atom. The highest BCUT2D eigenvalue weighted by molar-refractivity contribution is 9.10. The van der Waals surface area contributed by atoms with Crippen LogP contribution in [0.5, 0.6) is 0 Å². The van der Waals surface area contributed by atoms with Crippen LogP contribution in [-0.4, -0.2) is 29.4 Å². The summed E-state index contributed by atoms with van der Waals surface area (Å²) in [5, 5.41) is 4.29. The zero-order chi connectivity index (χ0) is 12.7. The van der Waals surface area contributed by atoms with Crippen molar-refractivity contribution in [3.63, 3.8) is 0 Å². The van der Waals surface area contributed by atoms with Gasteiger partial charge in [0.25, 0.3) is 0 Å². The maximum atomic E-state index is 5.70. The van der Waals surface area contributed by atoms with Crippen molar-refractivity contribution in [3.05, 3.63) is 16.4 Å². The number of ether oxygens (including phenoxy) is 1. The Morgan fingerprint density at radius 3 is 3.06 bits per heavy atom. The maximum absolute atomic E-state index is 5.70. The third-order valence-corrected chi connectivity index (χ3v) is 3.38. The number of alkyl halides is 1. The summed E-state index contributed by atoms with van der Waals surface area (Å²) in [6.45, 7) is 1.32. The van der Waals surface area contributed by atoms with Crippen LogP contribution in [0, 0.1) is 0 Å². The molecule has 3 N–H and O–H groups in total. The second kappa shape index (κ2) is 8.05. The van der Waals surface area contributed by atoms with Gasteiger partial charge in [-0.1, -0.05) is 0 Å². The van der Waals surface area contributed by atoms with Crippen molar-refractivity contribution in [3.8, 4) is 0 Å². The molecule has 0 saturated carbocycles. The Balaban J connectivity index is 2.80. The number of nitrogens with two attached hydrogens (primary N) is 1. The zero-order valence-corrected chi connectivity index (χ0v) is 12.2. The van der Waals surface area contributed by atoms with Gasteiger partial charge in [0.2, 0.25) is 0 Å². The minimum absolute atomic E-state index is 0.0440. The first-order chi connectivity index (χ1) is 8.24. The summed E-state index contributed by atoms with van der Waals surface area (Å²) in [4.78, 5) is 0. The lowest BCUT2D eigenvalue weighted by Crippen LogP contribution is -2.30. The van der Waals surface area contributed by atoms with E-state index in [-0.39, 0.29) is 6.04 Å². The van der Waals surface area contributed by atoms with Gasteiger partial charge in [-0.15, -0.1) is 11.6 Å². The molecular formula is C10H18BrClN4O. The normalized spacial score (nSPS) is 12.9. The van der Waals surface area contributed by atoms with Crippen molar-refractivity contribution in [2.24, 2.45) is 5.84 Å². The molecule has 1 aromatic rings. The quantitative estimate of drug-likeness (QED) is 0.435. The van der Waals surface area contributed by atoms with E-state index in [1.807, 2.05) is 4.68 Å². The monoisotopic (exact) mass is 324 g/mol. The molecule has 0 radical (unpaired) electrons. The highest BCUT2D eigenvalue weighted by Gasteiger charge is 2.18. The van der Waals surface area contributed by atoms with Gasteiger partial charge in [0.15, 0.2) is 0 Å². The molecule has 0 aromatic carbocycles. The fraction of sp³-hybridized carbons (Fsp3) is 0.700. The first kappa shape index (κ1) is 14.9. The topological polar surface area (TPSA) is 65.1 Å². The number of hydrogen-bond donors (Lipinski definition) is 2. The van der Waals surface area contributed by atoms with Crippen molar-refractivity contribution in [1.82, 2.24) is 15.2 Å². The smallest absolute Gasteiger partial charge is 0.0710 e. The number of nitrogens with one attached hydrogen (secondary N) is 1. The largest absolute Gasteiger partial charge is 0.383 e. The molecule has 5 nitrogen and oxygen atoms in total. The highest BCUT2D eigenvalue weighted by Crippen LogP contribution is 2.26. The fourth-order valence-electron chi connectivity index (χ4n) is 1.65. The summed E-state index contributed by atoms with van der Waals surface area (Å²) in [6, 6.07) is 0.0440. The molecule has 1 atom stereocenters. The summed E-state index contributed by atoms with van der Waals surface area (Å²) in [6.07, 6.45) is 3.55. The van der Waals surface area contributed by atoms with Gasteiger partial charge in [0.05, 0.1) is 35.6 Å². The molecule has 0 saturated heterocycles. The lowest BCUT2D eigenvalue weighted by atomic mass is 10.1. The van der Waals surface area contributed by atoms with E-state index in [0.717, 1.165) is 23.0 Å². The first-order valence-corrected chi connectivity index (χ1v) is 6.79. The predicted octanol–water partition coefficient (Wildman–Crippen LogP) is 1.82. The van der Waals surface area contributed by atoms with Crippen LogP contribution in [0.2, 0.25) is 0 Å². The van der Waals surface area contributed by atoms with E-state index >= 15 is 0 Å². The van der Waals surface area contributed by atoms with Crippen LogP contribution in [0.3, 0.4) is 0 Å². The van der Waals surface area contributed by atoms with Crippen LogP contribution < -0.4 is 11.3 Å². The molecule has 98 valence electrons. The molecule has 7 heteroatoms. The summed E-state index contributed by atoms with van der Waals surface area (Å²) < 4.78 is 7.90. The first-order valence-electron chi connectivity index (χ1n) is 5.46. The van der Waals surface area contributed by atoms with E-state index < -0.39 is 0 Å². The van der Waals surface area contributed by atoms with Gasteiger partial charge in [-0.05, 0) is 28.8 Å². The van der Waals surface area contributed by atoms with Crippen LogP contribution in [-0.2, 0) is 11.3 Å². The van der Waals surface area contributed by atoms with Gasteiger partial charge in [-0.3, -0.25) is 16.0 Å². The fourth-order valence-corrected chi connectivity index (χ4v) is 2.38. The van der Waals surface area contributed by atoms with E-state index in [2.05, 4.69) is 26.5 Å². The number of nitrogens with zero attached hydrogens (tertiary/aromatic N) is 2. The zero-order valence-electron chi connectivity index (χ0n) is 9.83. The van der Waals surface area contributed by atoms with Gasteiger partial charge in [0, 0.05) is 13.0 Å². The maximum Gasteiger partial charge on any atom is 0.0710 e. The number of halogens is 2. The molecule has 1 aromatic heterocycles. The summed E-state index contributed by atoms with van der Waals surface area (Å²) in [5.41, 5.74) is 3.84. The molecule has 17 heavy (non-hydrogen) atoms. The molecule has 0 aliphatic heterocycles. The SMILES string of the molecule is COCCn1ncc(Br)c1C(CCCCl)NN. The molecule has 0 aliphatic rings. The van der Waals surface area contributed by atoms with Crippen molar-refractivity contribution in [2.75, 3.05) is 19.6 Å². The number of hydrogen-bond acceptors (Lipinski definition) is 4. The Hall–Kier alpha value is -0.140. The van der Waals surface area contributed by atoms with Crippen LogP contribution in [0.25, 0.3) is 0 Å². The average molecular weight is 326 g/mol. The van der Waals surface area contributed by atoms with Crippen molar-refractivity contribution >= 4 is 27.5 Å². The number of rotatable bonds is 8. The second-order valence-corrected chi connectivity index (χ2v) is 4.88. The minimum atomic E-state index is 0.0440. The van der Waals surface area contributed by atoms with Crippen LogP contribution in [0.4, 0.5) is 0 Å². The standard InChI is InChI=1S/C10H18BrClN4O/c1-17-6-5-16-10(8(11)7-14-16)9(15-13)3-2-4-12/h7,9,15H,2-6,13H2,1H3. The van der Waals surface area contributed by atoms with E-state index in [4.69, 9.17) is 22.2 Å². The second-order valence-electron chi connectivity index (χ2n) is 3.64. The van der Waals surface area contributed by atoms with Gasteiger partial charge < -0.3 is 4.74 Å².